The molecule has 0 aromatic heterocycles. The highest BCUT2D eigenvalue weighted by molar-refractivity contribution is 5.85. The number of nitrogens with zero attached hydrogens (tertiary/aromatic N) is 1. The van der Waals surface area contributed by atoms with E-state index in [0.717, 1.165) is 22.4 Å². The maximum Gasteiger partial charge on any atom is 0.211 e. The summed E-state index contributed by atoms with van der Waals surface area (Å²) in [7, 11) is 0. The van der Waals surface area contributed by atoms with E-state index in [1.165, 1.54) is 0 Å². The van der Waals surface area contributed by atoms with Crippen molar-refractivity contribution in [2.75, 3.05) is 5.32 Å². The van der Waals surface area contributed by atoms with Crippen molar-refractivity contribution < 1.29 is 4.79 Å². The van der Waals surface area contributed by atoms with Gasteiger partial charge in [0, 0.05) is 5.56 Å². The maximum absolute atomic E-state index is 10.8. The SMILES string of the molecule is C=C(C)c1cc(C#N)cc(C(C)(C)C)c1NC=O. The lowest BCUT2D eigenvalue weighted by molar-refractivity contribution is -0.105. The zero-order chi connectivity index (χ0) is 13.9. The molecular formula is C15H18N2O. The quantitative estimate of drug-likeness (QED) is 0.825. The minimum Gasteiger partial charge on any atom is -0.328 e. The van der Waals surface area contributed by atoms with Crippen LogP contribution < -0.4 is 5.32 Å². The van der Waals surface area contributed by atoms with Gasteiger partial charge < -0.3 is 5.32 Å². The number of hydrogen-bond donors (Lipinski definition) is 1. The molecule has 0 spiro atoms. The Kier molecular flexibility index (Phi) is 3.93. The number of carbonyl (C=O) groups is 1. The molecule has 0 saturated carbocycles. The van der Waals surface area contributed by atoms with Crippen LogP contribution >= 0.6 is 0 Å². The minimum atomic E-state index is -0.164. The van der Waals surface area contributed by atoms with Gasteiger partial charge in [-0.05, 0) is 35.6 Å². The van der Waals surface area contributed by atoms with E-state index < -0.39 is 0 Å². The van der Waals surface area contributed by atoms with Crippen LogP contribution in [0.3, 0.4) is 0 Å². The van der Waals surface area contributed by atoms with Crippen LogP contribution in [-0.2, 0) is 10.2 Å². The molecule has 1 rings (SSSR count). The molecule has 94 valence electrons. The smallest absolute Gasteiger partial charge is 0.211 e. The van der Waals surface area contributed by atoms with Gasteiger partial charge >= 0.3 is 0 Å². The fourth-order valence-corrected chi connectivity index (χ4v) is 1.85. The molecule has 0 aliphatic heterocycles. The van der Waals surface area contributed by atoms with Gasteiger partial charge in [0.2, 0.25) is 6.41 Å². The van der Waals surface area contributed by atoms with E-state index in [-0.39, 0.29) is 5.41 Å². The number of carbonyl (C=O) groups excluding carboxylic acids is 1. The Bertz CT molecular complexity index is 531. The topological polar surface area (TPSA) is 52.9 Å². The Labute approximate surface area is 108 Å². The Morgan fingerprint density at radius 1 is 1.44 bits per heavy atom. The van der Waals surface area contributed by atoms with Crippen molar-refractivity contribution in [1.29, 1.82) is 5.26 Å². The highest BCUT2D eigenvalue weighted by atomic mass is 16.1. The molecule has 0 unspecified atom stereocenters. The first-order valence-corrected chi connectivity index (χ1v) is 5.76. The molecule has 18 heavy (non-hydrogen) atoms. The molecule has 1 aromatic rings. The van der Waals surface area contributed by atoms with Crippen LogP contribution in [0.1, 0.15) is 44.4 Å². The van der Waals surface area contributed by atoms with Gasteiger partial charge in [0.15, 0.2) is 0 Å². The fraction of sp³-hybridized carbons (Fsp3) is 0.333. The zero-order valence-corrected chi connectivity index (χ0v) is 11.3. The normalized spacial score (nSPS) is 10.6. The van der Waals surface area contributed by atoms with Crippen molar-refractivity contribution >= 4 is 17.7 Å². The van der Waals surface area contributed by atoms with Crippen LogP contribution in [-0.4, -0.2) is 6.41 Å². The molecule has 0 aliphatic rings. The molecule has 0 radical (unpaired) electrons. The van der Waals surface area contributed by atoms with Gasteiger partial charge in [-0.1, -0.05) is 27.4 Å². The summed E-state index contributed by atoms with van der Waals surface area (Å²) < 4.78 is 0. The first-order chi connectivity index (χ1) is 8.31. The molecule has 0 heterocycles. The number of hydrogen-bond acceptors (Lipinski definition) is 2. The number of benzene rings is 1. The maximum atomic E-state index is 10.8. The second-order valence-electron chi connectivity index (χ2n) is 5.35. The molecule has 0 aliphatic carbocycles. The summed E-state index contributed by atoms with van der Waals surface area (Å²) in [6, 6.07) is 5.72. The van der Waals surface area contributed by atoms with Gasteiger partial charge in [-0.15, -0.1) is 0 Å². The molecule has 1 N–H and O–H groups in total. The molecule has 1 amide bonds. The summed E-state index contributed by atoms with van der Waals surface area (Å²) in [5, 5.41) is 11.8. The lowest BCUT2D eigenvalue weighted by atomic mass is 9.82. The van der Waals surface area contributed by atoms with E-state index in [0.29, 0.717) is 12.0 Å². The summed E-state index contributed by atoms with van der Waals surface area (Å²) >= 11 is 0. The predicted octanol–water partition coefficient (Wildman–Crippen LogP) is 3.46. The Morgan fingerprint density at radius 3 is 2.44 bits per heavy atom. The number of rotatable bonds is 3. The Morgan fingerprint density at radius 2 is 2.06 bits per heavy atom. The van der Waals surface area contributed by atoms with Gasteiger partial charge in [0.1, 0.15) is 0 Å². The van der Waals surface area contributed by atoms with Gasteiger partial charge in [-0.3, -0.25) is 4.79 Å². The van der Waals surface area contributed by atoms with Crippen molar-refractivity contribution in [3.63, 3.8) is 0 Å². The summed E-state index contributed by atoms with van der Waals surface area (Å²) in [6.45, 7) is 11.9. The highest BCUT2D eigenvalue weighted by Gasteiger charge is 2.21. The van der Waals surface area contributed by atoms with Crippen molar-refractivity contribution in [1.82, 2.24) is 0 Å². The second-order valence-corrected chi connectivity index (χ2v) is 5.35. The fourth-order valence-electron chi connectivity index (χ4n) is 1.85. The van der Waals surface area contributed by atoms with Crippen LogP contribution in [0.5, 0.6) is 0 Å². The summed E-state index contributed by atoms with van der Waals surface area (Å²) in [4.78, 5) is 10.8. The number of anilines is 1. The first-order valence-electron chi connectivity index (χ1n) is 5.76. The van der Waals surface area contributed by atoms with Gasteiger partial charge in [-0.25, -0.2) is 0 Å². The van der Waals surface area contributed by atoms with Gasteiger partial charge in [-0.2, -0.15) is 5.26 Å². The van der Waals surface area contributed by atoms with Crippen molar-refractivity contribution in [3.05, 3.63) is 35.4 Å². The number of amides is 1. The minimum absolute atomic E-state index is 0.164. The molecule has 0 atom stereocenters. The summed E-state index contributed by atoms with van der Waals surface area (Å²) in [5.41, 5.74) is 3.72. The van der Waals surface area contributed by atoms with Crippen LogP contribution in [0.15, 0.2) is 18.7 Å². The molecule has 0 bridgehead atoms. The van der Waals surface area contributed by atoms with E-state index in [9.17, 15) is 4.79 Å². The monoisotopic (exact) mass is 242 g/mol. The van der Waals surface area contributed by atoms with Crippen molar-refractivity contribution in [2.24, 2.45) is 0 Å². The number of nitriles is 1. The van der Waals surface area contributed by atoms with E-state index >= 15 is 0 Å². The van der Waals surface area contributed by atoms with E-state index in [1.807, 2.05) is 33.8 Å². The summed E-state index contributed by atoms with van der Waals surface area (Å²) in [5.74, 6) is 0. The number of nitrogens with one attached hydrogen (secondary N) is 1. The van der Waals surface area contributed by atoms with Gasteiger partial charge in [0.25, 0.3) is 0 Å². The molecule has 0 saturated heterocycles. The van der Waals surface area contributed by atoms with Crippen molar-refractivity contribution in [2.45, 2.75) is 33.1 Å². The van der Waals surface area contributed by atoms with Crippen molar-refractivity contribution in [3.8, 4) is 6.07 Å². The third-order valence-corrected chi connectivity index (χ3v) is 2.74. The second kappa shape index (κ2) is 5.05. The molecule has 1 aromatic carbocycles. The Hall–Kier alpha value is -2.08. The van der Waals surface area contributed by atoms with E-state index in [2.05, 4.69) is 18.0 Å². The molecule has 3 nitrogen and oxygen atoms in total. The Balaban J connectivity index is 3.66. The summed E-state index contributed by atoms with van der Waals surface area (Å²) in [6.07, 6.45) is 0.656. The standard InChI is InChI=1S/C15H18N2O/c1-10(2)12-6-11(8-16)7-13(15(3,4)5)14(12)17-9-18/h6-7,9H,1H2,2-5H3,(H,17,18). The molecule has 3 heteroatoms. The van der Waals surface area contributed by atoms with E-state index in [1.54, 1.807) is 6.07 Å². The number of allylic oxidation sites excluding steroid dienone is 1. The van der Waals surface area contributed by atoms with Crippen LogP contribution in [0.2, 0.25) is 0 Å². The lowest BCUT2D eigenvalue weighted by Crippen LogP contribution is -2.16. The third-order valence-electron chi connectivity index (χ3n) is 2.74. The average Bonchev–Trinajstić information content (AvgIpc) is 2.27. The predicted molar refractivity (Wildman–Crippen MR) is 74.3 cm³/mol. The highest BCUT2D eigenvalue weighted by Crippen LogP contribution is 2.35. The van der Waals surface area contributed by atoms with E-state index in [4.69, 9.17) is 5.26 Å². The molecule has 0 fully saturated rings. The molecular weight excluding hydrogens is 224 g/mol. The first kappa shape index (κ1) is 14.0. The zero-order valence-electron chi connectivity index (χ0n) is 11.3. The lowest BCUT2D eigenvalue weighted by Gasteiger charge is -2.25. The van der Waals surface area contributed by atoms with Gasteiger partial charge in [0.05, 0.1) is 17.3 Å². The third kappa shape index (κ3) is 2.78. The van der Waals surface area contributed by atoms with Crippen LogP contribution in [0.25, 0.3) is 5.57 Å². The largest absolute Gasteiger partial charge is 0.328 e. The average molecular weight is 242 g/mol. The van der Waals surface area contributed by atoms with Crippen LogP contribution in [0.4, 0.5) is 5.69 Å². The van der Waals surface area contributed by atoms with Crippen LogP contribution in [0, 0.1) is 11.3 Å².